The van der Waals surface area contributed by atoms with Crippen LogP contribution in [-0.4, -0.2) is 50.3 Å². The number of aliphatic hydroxyl groups is 2. The van der Waals surface area contributed by atoms with Gasteiger partial charge in [-0.05, 0) is 26.7 Å². The van der Waals surface area contributed by atoms with Gasteiger partial charge >= 0.3 is 11.8 Å². The summed E-state index contributed by atoms with van der Waals surface area (Å²) in [5.41, 5.74) is -0.681. The Balaban J connectivity index is 2.07. The molecule has 0 radical (unpaired) electrons. The van der Waals surface area contributed by atoms with Gasteiger partial charge in [-0.2, -0.15) is 4.98 Å². The molecule has 2 rings (SSSR count). The van der Waals surface area contributed by atoms with E-state index in [1.165, 1.54) is 6.20 Å². The Labute approximate surface area is 170 Å². The van der Waals surface area contributed by atoms with E-state index in [1.54, 1.807) is 13.8 Å². The molecule has 0 bridgehead atoms. The molecule has 1 aliphatic heterocycles. The molecule has 160 valence electrons. The second-order valence-corrected chi connectivity index (χ2v) is 7.24. The third-order valence-electron chi connectivity index (χ3n) is 4.85. The fourth-order valence-electron chi connectivity index (χ4n) is 3.14. The maximum atomic E-state index is 12.4. The number of aliphatic hydroxyl groups excluding tert-OH is 2. The second kappa shape index (κ2) is 10.4. The van der Waals surface area contributed by atoms with Crippen molar-refractivity contribution in [3.63, 3.8) is 0 Å². The summed E-state index contributed by atoms with van der Waals surface area (Å²) < 4.78 is 11.7. The first-order valence-corrected chi connectivity index (χ1v) is 9.87. The van der Waals surface area contributed by atoms with Crippen molar-refractivity contribution in [3.8, 4) is 12.3 Å². The number of terminal acetylenes is 1. The quantitative estimate of drug-likeness (QED) is 0.443. The van der Waals surface area contributed by atoms with Gasteiger partial charge in [-0.25, -0.2) is 9.59 Å². The predicted octanol–water partition coefficient (Wildman–Crippen LogP) is 1.77. The third kappa shape index (κ3) is 5.79. The normalized spacial score (nSPS) is 24.7. The summed E-state index contributed by atoms with van der Waals surface area (Å²) in [5, 5.41) is 22.3. The number of aromatic nitrogens is 2. The number of carbonyl (C=O) groups excluding carboxylic acids is 1. The fraction of sp³-hybridized carbons (Fsp3) is 0.650. The molecular weight excluding hydrogens is 378 g/mol. The number of unbranched alkanes of at least 4 members (excludes halogenated alkanes) is 3. The average Bonchev–Trinajstić information content (AvgIpc) is 2.92. The van der Waals surface area contributed by atoms with E-state index in [0.29, 0.717) is 0 Å². The van der Waals surface area contributed by atoms with Crippen LogP contribution in [0.2, 0.25) is 0 Å². The standard InChI is InChI=1S/C20H29N3O6/c1-5-7-8-9-10-12(3)28-20(27)22-17-14(6-2)11-23(19(26)21-17)18-16(25)15(24)13(4)29-18/h2,11-13,15-16,18,24-25H,5,7-10H2,1,3-4H3,(H,21,22,26,27)/t12?,13-,15?,16?,18-/m1/s1. The number of anilines is 1. The molecule has 5 atom stereocenters. The van der Waals surface area contributed by atoms with Gasteiger partial charge in [0.25, 0.3) is 0 Å². The molecule has 9 heteroatoms. The topological polar surface area (TPSA) is 123 Å². The number of hydrogen-bond acceptors (Lipinski definition) is 7. The van der Waals surface area contributed by atoms with Crippen LogP contribution in [0.1, 0.15) is 64.7 Å². The van der Waals surface area contributed by atoms with Gasteiger partial charge in [-0.3, -0.25) is 9.88 Å². The highest BCUT2D eigenvalue weighted by molar-refractivity contribution is 5.85. The second-order valence-electron chi connectivity index (χ2n) is 7.24. The summed E-state index contributed by atoms with van der Waals surface area (Å²) in [6.07, 6.45) is 6.48. The van der Waals surface area contributed by atoms with E-state index in [4.69, 9.17) is 15.9 Å². The zero-order chi connectivity index (χ0) is 21.6. The van der Waals surface area contributed by atoms with Crippen LogP contribution in [0.25, 0.3) is 0 Å². The molecule has 0 aromatic carbocycles. The summed E-state index contributed by atoms with van der Waals surface area (Å²) in [4.78, 5) is 28.3. The van der Waals surface area contributed by atoms with Crippen molar-refractivity contribution in [2.45, 2.75) is 83.5 Å². The maximum Gasteiger partial charge on any atom is 0.413 e. The van der Waals surface area contributed by atoms with Crippen LogP contribution in [0.5, 0.6) is 0 Å². The Kier molecular flexibility index (Phi) is 8.20. The van der Waals surface area contributed by atoms with Gasteiger partial charge in [0, 0.05) is 6.20 Å². The van der Waals surface area contributed by atoms with Crippen LogP contribution in [0, 0.1) is 12.3 Å². The lowest BCUT2D eigenvalue weighted by molar-refractivity contribution is -0.0350. The number of ether oxygens (including phenoxy) is 2. The molecule has 1 aromatic rings. The Morgan fingerprint density at radius 3 is 2.72 bits per heavy atom. The fourth-order valence-corrected chi connectivity index (χ4v) is 3.14. The zero-order valence-electron chi connectivity index (χ0n) is 17.0. The highest BCUT2D eigenvalue weighted by Crippen LogP contribution is 2.28. The molecule has 29 heavy (non-hydrogen) atoms. The molecule has 0 aliphatic carbocycles. The van der Waals surface area contributed by atoms with E-state index in [9.17, 15) is 19.8 Å². The number of nitrogens with one attached hydrogen (secondary N) is 1. The predicted molar refractivity (Wildman–Crippen MR) is 106 cm³/mol. The number of rotatable bonds is 8. The molecule has 9 nitrogen and oxygen atoms in total. The van der Waals surface area contributed by atoms with E-state index in [-0.39, 0.29) is 17.5 Å². The van der Waals surface area contributed by atoms with E-state index < -0.39 is 36.3 Å². The molecular formula is C20H29N3O6. The summed E-state index contributed by atoms with van der Waals surface area (Å²) in [6.45, 7) is 5.49. The van der Waals surface area contributed by atoms with Gasteiger partial charge in [-0.1, -0.05) is 32.1 Å². The number of amides is 1. The Morgan fingerprint density at radius 1 is 1.41 bits per heavy atom. The van der Waals surface area contributed by atoms with E-state index >= 15 is 0 Å². The average molecular weight is 407 g/mol. The molecule has 3 N–H and O–H groups in total. The van der Waals surface area contributed by atoms with Crippen molar-refractivity contribution in [1.29, 1.82) is 0 Å². The van der Waals surface area contributed by atoms with Gasteiger partial charge in [0.1, 0.15) is 18.3 Å². The molecule has 1 aliphatic rings. The van der Waals surface area contributed by atoms with Crippen molar-refractivity contribution in [2.75, 3.05) is 5.32 Å². The molecule has 1 aromatic heterocycles. The molecule has 1 fully saturated rings. The lowest BCUT2D eigenvalue weighted by Crippen LogP contribution is -2.36. The van der Waals surface area contributed by atoms with E-state index in [2.05, 4.69) is 23.1 Å². The monoisotopic (exact) mass is 407 g/mol. The Hall–Kier alpha value is -2.41. The largest absolute Gasteiger partial charge is 0.446 e. The highest BCUT2D eigenvalue weighted by Gasteiger charge is 2.42. The zero-order valence-corrected chi connectivity index (χ0v) is 17.0. The van der Waals surface area contributed by atoms with Gasteiger partial charge < -0.3 is 19.7 Å². The smallest absolute Gasteiger partial charge is 0.413 e. The summed E-state index contributed by atoms with van der Waals surface area (Å²) in [7, 11) is 0. The Bertz CT molecular complexity index is 802. The summed E-state index contributed by atoms with van der Waals surface area (Å²) in [6, 6.07) is 0. The first kappa shape index (κ1) is 22.9. The van der Waals surface area contributed by atoms with Gasteiger partial charge in [0.05, 0.1) is 11.7 Å². The lowest BCUT2D eigenvalue weighted by Gasteiger charge is -2.18. The molecule has 0 saturated carbocycles. The number of carbonyl (C=O) groups is 1. The van der Waals surface area contributed by atoms with Crippen molar-refractivity contribution in [2.24, 2.45) is 0 Å². The maximum absolute atomic E-state index is 12.4. The van der Waals surface area contributed by atoms with Crippen molar-refractivity contribution in [1.82, 2.24) is 9.55 Å². The first-order chi connectivity index (χ1) is 13.8. The molecule has 1 amide bonds. The molecule has 2 heterocycles. The Morgan fingerprint density at radius 2 is 2.14 bits per heavy atom. The van der Waals surface area contributed by atoms with E-state index in [1.807, 2.05) is 0 Å². The van der Waals surface area contributed by atoms with Crippen LogP contribution in [0.4, 0.5) is 10.6 Å². The van der Waals surface area contributed by atoms with Gasteiger partial charge in [0.2, 0.25) is 0 Å². The van der Waals surface area contributed by atoms with Gasteiger partial charge in [-0.15, -0.1) is 6.42 Å². The molecule has 3 unspecified atom stereocenters. The van der Waals surface area contributed by atoms with Crippen LogP contribution >= 0.6 is 0 Å². The van der Waals surface area contributed by atoms with Crippen LogP contribution in [0.15, 0.2) is 11.0 Å². The SMILES string of the molecule is C#Cc1cn([C@@H]2O[C@H](C)C(O)C2O)c(=O)nc1NC(=O)OC(C)CCCCCC. The number of hydrogen-bond donors (Lipinski definition) is 3. The van der Waals surface area contributed by atoms with Crippen molar-refractivity contribution >= 4 is 11.9 Å². The lowest BCUT2D eigenvalue weighted by atomic mass is 10.1. The third-order valence-corrected chi connectivity index (χ3v) is 4.85. The minimum atomic E-state index is -1.31. The summed E-state index contributed by atoms with van der Waals surface area (Å²) in [5.74, 6) is 2.23. The minimum Gasteiger partial charge on any atom is -0.446 e. The van der Waals surface area contributed by atoms with E-state index in [0.717, 1.165) is 36.7 Å². The molecule has 0 spiro atoms. The van der Waals surface area contributed by atoms with Crippen molar-refractivity contribution < 1.29 is 24.5 Å². The molecule has 1 saturated heterocycles. The van der Waals surface area contributed by atoms with Crippen LogP contribution in [0.3, 0.4) is 0 Å². The van der Waals surface area contributed by atoms with Crippen molar-refractivity contribution in [3.05, 3.63) is 22.2 Å². The highest BCUT2D eigenvalue weighted by atomic mass is 16.6. The van der Waals surface area contributed by atoms with Gasteiger partial charge in [0.15, 0.2) is 12.0 Å². The van der Waals surface area contributed by atoms with Crippen LogP contribution < -0.4 is 11.0 Å². The minimum absolute atomic E-state index is 0.113. The van der Waals surface area contributed by atoms with Crippen LogP contribution in [-0.2, 0) is 9.47 Å². The first-order valence-electron chi connectivity index (χ1n) is 9.87. The number of nitrogens with zero attached hydrogens (tertiary/aromatic N) is 2. The summed E-state index contributed by atoms with van der Waals surface area (Å²) >= 11 is 0.